The Bertz CT molecular complexity index is 210. The molecular formula is C12H20F2O. The predicted molar refractivity (Wildman–Crippen MR) is 58.8 cm³/mol. The number of allylic oxidation sites excluding steroid dienone is 4. The van der Waals surface area contributed by atoms with Gasteiger partial charge in [-0.15, -0.1) is 0 Å². The Balaban J connectivity index is 3.80. The van der Waals surface area contributed by atoms with E-state index in [1.165, 1.54) is 6.08 Å². The van der Waals surface area contributed by atoms with Crippen LogP contribution >= 0.6 is 0 Å². The van der Waals surface area contributed by atoms with Crippen LogP contribution in [0.4, 0.5) is 8.78 Å². The molecule has 0 atom stereocenters. The van der Waals surface area contributed by atoms with Crippen LogP contribution in [0.15, 0.2) is 23.8 Å². The van der Waals surface area contributed by atoms with Crippen LogP contribution in [0.2, 0.25) is 0 Å². The SMILES string of the molecule is CCCCC/C(F)=C/C=C(\F)CCCO. The fraction of sp³-hybridized carbons (Fsp3) is 0.667. The van der Waals surface area contributed by atoms with Crippen molar-refractivity contribution >= 4 is 0 Å². The number of halogens is 2. The normalized spacial score (nSPS) is 13.3. The number of hydrogen-bond acceptors (Lipinski definition) is 1. The summed E-state index contributed by atoms with van der Waals surface area (Å²) in [6.45, 7) is 2.01. The van der Waals surface area contributed by atoms with Crippen molar-refractivity contribution < 1.29 is 13.9 Å². The highest BCUT2D eigenvalue weighted by Crippen LogP contribution is 2.12. The van der Waals surface area contributed by atoms with Gasteiger partial charge in [-0.1, -0.05) is 19.8 Å². The highest BCUT2D eigenvalue weighted by atomic mass is 19.1. The van der Waals surface area contributed by atoms with E-state index in [0.29, 0.717) is 12.8 Å². The topological polar surface area (TPSA) is 20.2 Å². The Hall–Kier alpha value is -0.700. The van der Waals surface area contributed by atoms with E-state index < -0.39 is 0 Å². The van der Waals surface area contributed by atoms with E-state index in [4.69, 9.17) is 5.11 Å². The molecule has 0 heterocycles. The molecule has 0 spiro atoms. The quantitative estimate of drug-likeness (QED) is 0.481. The summed E-state index contributed by atoms with van der Waals surface area (Å²) >= 11 is 0. The third-order valence-electron chi connectivity index (χ3n) is 2.04. The molecule has 0 saturated carbocycles. The smallest absolute Gasteiger partial charge is 0.100 e. The Morgan fingerprint density at radius 2 is 1.53 bits per heavy atom. The van der Waals surface area contributed by atoms with Crippen molar-refractivity contribution in [3.8, 4) is 0 Å². The lowest BCUT2D eigenvalue weighted by Gasteiger charge is -1.96. The van der Waals surface area contributed by atoms with Crippen LogP contribution in [-0.2, 0) is 0 Å². The number of aliphatic hydroxyl groups excluding tert-OH is 1. The maximum absolute atomic E-state index is 13.0. The fourth-order valence-electron chi connectivity index (χ4n) is 1.14. The Morgan fingerprint density at radius 3 is 2.00 bits per heavy atom. The summed E-state index contributed by atoms with van der Waals surface area (Å²) in [5, 5.41) is 8.45. The zero-order valence-electron chi connectivity index (χ0n) is 9.31. The third-order valence-corrected chi connectivity index (χ3v) is 2.04. The average Bonchev–Trinajstić information content (AvgIpc) is 2.24. The Kier molecular flexibility index (Phi) is 9.38. The first-order chi connectivity index (χ1) is 7.20. The first kappa shape index (κ1) is 14.3. The summed E-state index contributed by atoms with van der Waals surface area (Å²) in [6.07, 6.45) is 6.14. The highest BCUT2D eigenvalue weighted by molar-refractivity contribution is 5.10. The standard InChI is InChI=1S/C12H20F2O/c1-2-3-4-6-11(13)8-9-12(14)7-5-10-15/h8-9,15H,2-7,10H2,1H3/b11-8-,12-9-. The van der Waals surface area contributed by atoms with Gasteiger partial charge in [-0.2, -0.15) is 0 Å². The average molecular weight is 218 g/mol. The number of unbranched alkanes of at least 4 members (excludes halogenated alkanes) is 2. The van der Waals surface area contributed by atoms with Gasteiger partial charge in [0.1, 0.15) is 5.83 Å². The summed E-state index contributed by atoms with van der Waals surface area (Å²) in [7, 11) is 0. The molecule has 1 nitrogen and oxygen atoms in total. The monoisotopic (exact) mass is 218 g/mol. The van der Waals surface area contributed by atoms with E-state index in [1.54, 1.807) is 0 Å². The number of hydrogen-bond donors (Lipinski definition) is 1. The van der Waals surface area contributed by atoms with Gasteiger partial charge in [-0.3, -0.25) is 0 Å². The van der Waals surface area contributed by atoms with Gasteiger partial charge in [-0.05, 0) is 31.4 Å². The van der Waals surface area contributed by atoms with E-state index in [1.807, 2.05) is 0 Å². The molecule has 15 heavy (non-hydrogen) atoms. The molecule has 0 aromatic heterocycles. The minimum Gasteiger partial charge on any atom is -0.396 e. The molecule has 0 rings (SSSR count). The zero-order chi connectivity index (χ0) is 11.5. The van der Waals surface area contributed by atoms with Crippen molar-refractivity contribution in [2.24, 2.45) is 0 Å². The third kappa shape index (κ3) is 9.60. The van der Waals surface area contributed by atoms with Gasteiger partial charge in [0.15, 0.2) is 0 Å². The predicted octanol–water partition coefficient (Wildman–Crippen LogP) is 4.05. The second-order valence-electron chi connectivity index (χ2n) is 3.51. The van der Waals surface area contributed by atoms with Crippen molar-refractivity contribution in [1.82, 2.24) is 0 Å². The molecule has 0 aromatic carbocycles. The van der Waals surface area contributed by atoms with Gasteiger partial charge in [0.2, 0.25) is 0 Å². The van der Waals surface area contributed by atoms with Gasteiger partial charge < -0.3 is 5.11 Å². The number of rotatable bonds is 8. The molecule has 0 saturated heterocycles. The fourth-order valence-corrected chi connectivity index (χ4v) is 1.14. The molecule has 1 N–H and O–H groups in total. The molecule has 3 heteroatoms. The van der Waals surface area contributed by atoms with Gasteiger partial charge in [-0.25, -0.2) is 8.78 Å². The van der Waals surface area contributed by atoms with Crippen LogP contribution in [0.5, 0.6) is 0 Å². The van der Waals surface area contributed by atoms with E-state index in [0.717, 1.165) is 25.3 Å². The van der Waals surface area contributed by atoms with Crippen molar-refractivity contribution in [3.63, 3.8) is 0 Å². The molecule has 88 valence electrons. The minimum atomic E-state index is -0.380. The summed E-state index contributed by atoms with van der Waals surface area (Å²) in [5.74, 6) is -0.655. The largest absolute Gasteiger partial charge is 0.396 e. The molecular weight excluding hydrogens is 198 g/mol. The van der Waals surface area contributed by atoms with Gasteiger partial charge >= 0.3 is 0 Å². The molecule has 0 aliphatic carbocycles. The second-order valence-corrected chi connectivity index (χ2v) is 3.51. The van der Waals surface area contributed by atoms with Crippen LogP contribution in [0, 0.1) is 0 Å². The van der Waals surface area contributed by atoms with Crippen molar-refractivity contribution in [2.75, 3.05) is 6.61 Å². The molecule has 0 amide bonds. The minimum absolute atomic E-state index is 0.0377. The zero-order valence-corrected chi connectivity index (χ0v) is 9.31. The van der Waals surface area contributed by atoms with Crippen LogP contribution < -0.4 is 0 Å². The summed E-state index contributed by atoms with van der Waals surface area (Å²) < 4.78 is 25.9. The van der Waals surface area contributed by atoms with E-state index in [2.05, 4.69) is 6.92 Å². The molecule has 0 fully saturated rings. The lowest BCUT2D eigenvalue weighted by Crippen LogP contribution is -1.82. The number of aliphatic hydroxyl groups is 1. The lowest BCUT2D eigenvalue weighted by atomic mass is 10.2. The molecule has 0 bridgehead atoms. The van der Waals surface area contributed by atoms with Crippen LogP contribution in [0.3, 0.4) is 0 Å². The van der Waals surface area contributed by atoms with Crippen LogP contribution in [-0.4, -0.2) is 11.7 Å². The van der Waals surface area contributed by atoms with Gasteiger partial charge in [0, 0.05) is 13.0 Å². The van der Waals surface area contributed by atoms with Crippen LogP contribution in [0.1, 0.15) is 45.4 Å². The first-order valence-electron chi connectivity index (χ1n) is 5.52. The molecule has 0 aromatic rings. The molecule has 0 aliphatic rings. The van der Waals surface area contributed by atoms with Crippen LogP contribution in [0.25, 0.3) is 0 Å². The second kappa shape index (κ2) is 9.84. The molecule has 0 radical (unpaired) electrons. The van der Waals surface area contributed by atoms with E-state index >= 15 is 0 Å². The highest BCUT2D eigenvalue weighted by Gasteiger charge is 1.95. The maximum Gasteiger partial charge on any atom is 0.100 e. The Morgan fingerprint density at radius 1 is 1.00 bits per heavy atom. The van der Waals surface area contributed by atoms with Gasteiger partial charge in [0.25, 0.3) is 0 Å². The lowest BCUT2D eigenvalue weighted by molar-refractivity contribution is 0.284. The van der Waals surface area contributed by atoms with Crippen molar-refractivity contribution in [3.05, 3.63) is 23.8 Å². The molecule has 0 unspecified atom stereocenters. The van der Waals surface area contributed by atoms with E-state index in [9.17, 15) is 8.78 Å². The summed E-state index contributed by atoms with van der Waals surface area (Å²) in [6, 6.07) is 0. The van der Waals surface area contributed by atoms with Crippen molar-refractivity contribution in [1.29, 1.82) is 0 Å². The van der Waals surface area contributed by atoms with E-state index in [-0.39, 0.29) is 24.7 Å². The summed E-state index contributed by atoms with van der Waals surface area (Å²) in [5.41, 5.74) is 0. The van der Waals surface area contributed by atoms with Crippen molar-refractivity contribution in [2.45, 2.75) is 45.4 Å². The molecule has 0 aliphatic heterocycles. The first-order valence-corrected chi connectivity index (χ1v) is 5.52. The summed E-state index contributed by atoms with van der Waals surface area (Å²) in [4.78, 5) is 0. The Labute approximate surface area is 90.5 Å². The maximum atomic E-state index is 13.0. The van der Waals surface area contributed by atoms with Gasteiger partial charge in [0.05, 0.1) is 5.83 Å².